The standard InChI is InChI=1S/C17H16O2S/c1-12-6-5-9-16-17(12)13(11-20-16)10-19-15-8-4-3-7-14(15)18-2/h3-9,11H,10H2,1-2H3. The van der Waals surface area contributed by atoms with Crippen LogP contribution in [-0.2, 0) is 6.61 Å². The molecule has 102 valence electrons. The van der Waals surface area contributed by atoms with Crippen LogP contribution in [0.15, 0.2) is 47.8 Å². The van der Waals surface area contributed by atoms with Crippen molar-refractivity contribution in [3.63, 3.8) is 0 Å². The molecule has 0 N–H and O–H groups in total. The SMILES string of the molecule is COc1ccccc1OCc1csc2cccc(C)c12. The van der Waals surface area contributed by atoms with Gasteiger partial charge in [0.1, 0.15) is 6.61 Å². The van der Waals surface area contributed by atoms with E-state index in [9.17, 15) is 0 Å². The molecule has 2 aromatic carbocycles. The second-order valence-corrected chi connectivity index (χ2v) is 5.56. The lowest BCUT2D eigenvalue weighted by Crippen LogP contribution is -1.97. The molecule has 0 spiro atoms. The zero-order valence-corrected chi connectivity index (χ0v) is 12.4. The highest BCUT2D eigenvalue weighted by molar-refractivity contribution is 7.17. The Morgan fingerprint density at radius 3 is 2.60 bits per heavy atom. The van der Waals surface area contributed by atoms with Crippen molar-refractivity contribution in [3.05, 3.63) is 59.0 Å². The van der Waals surface area contributed by atoms with Gasteiger partial charge in [0.25, 0.3) is 0 Å². The smallest absolute Gasteiger partial charge is 0.161 e. The van der Waals surface area contributed by atoms with Gasteiger partial charge in [-0.05, 0) is 36.1 Å². The lowest BCUT2D eigenvalue weighted by molar-refractivity contribution is 0.286. The van der Waals surface area contributed by atoms with Crippen molar-refractivity contribution >= 4 is 21.4 Å². The summed E-state index contributed by atoms with van der Waals surface area (Å²) in [6, 6.07) is 14.1. The third kappa shape index (κ3) is 2.37. The minimum atomic E-state index is 0.561. The lowest BCUT2D eigenvalue weighted by Gasteiger charge is -2.10. The van der Waals surface area contributed by atoms with E-state index < -0.39 is 0 Å². The molecule has 0 atom stereocenters. The maximum Gasteiger partial charge on any atom is 0.161 e. The van der Waals surface area contributed by atoms with Gasteiger partial charge >= 0.3 is 0 Å². The van der Waals surface area contributed by atoms with Gasteiger partial charge in [-0.3, -0.25) is 0 Å². The molecule has 0 fully saturated rings. The van der Waals surface area contributed by atoms with E-state index in [2.05, 4.69) is 30.5 Å². The van der Waals surface area contributed by atoms with Crippen molar-refractivity contribution < 1.29 is 9.47 Å². The summed E-state index contributed by atoms with van der Waals surface area (Å²) in [5.74, 6) is 1.55. The first kappa shape index (κ1) is 13.0. The van der Waals surface area contributed by atoms with Crippen LogP contribution < -0.4 is 9.47 Å². The molecule has 0 amide bonds. The molecule has 0 aliphatic rings. The number of para-hydroxylation sites is 2. The highest BCUT2D eigenvalue weighted by Gasteiger charge is 2.08. The number of methoxy groups -OCH3 is 1. The summed E-state index contributed by atoms with van der Waals surface area (Å²) in [5, 5.41) is 3.49. The van der Waals surface area contributed by atoms with Crippen molar-refractivity contribution in [1.82, 2.24) is 0 Å². The van der Waals surface area contributed by atoms with Gasteiger partial charge in [-0.1, -0.05) is 24.3 Å². The van der Waals surface area contributed by atoms with Crippen molar-refractivity contribution in [2.75, 3.05) is 7.11 Å². The molecule has 0 aliphatic heterocycles. The molecule has 1 aromatic heterocycles. The van der Waals surface area contributed by atoms with Crippen LogP contribution in [0.3, 0.4) is 0 Å². The van der Waals surface area contributed by atoms with Crippen molar-refractivity contribution in [1.29, 1.82) is 0 Å². The molecule has 0 unspecified atom stereocenters. The number of thiophene rings is 1. The summed E-state index contributed by atoms with van der Waals surface area (Å²) in [5.41, 5.74) is 2.52. The second-order valence-electron chi connectivity index (χ2n) is 4.65. The van der Waals surface area contributed by atoms with Gasteiger partial charge in [0.15, 0.2) is 11.5 Å². The number of hydrogen-bond donors (Lipinski definition) is 0. The highest BCUT2D eigenvalue weighted by atomic mass is 32.1. The summed E-state index contributed by atoms with van der Waals surface area (Å²) in [7, 11) is 1.66. The number of rotatable bonds is 4. The van der Waals surface area contributed by atoms with Crippen molar-refractivity contribution in [2.45, 2.75) is 13.5 Å². The molecule has 0 saturated heterocycles. The van der Waals surface area contributed by atoms with Crippen LogP contribution in [0.5, 0.6) is 11.5 Å². The molecular weight excluding hydrogens is 268 g/mol. The van der Waals surface area contributed by atoms with E-state index in [4.69, 9.17) is 9.47 Å². The molecule has 0 radical (unpaired) electrons. The van der Waals surface area contributed by atoms with Crippen molar-refractivity contribution in [2.24, 2.45) is 0 Å². The van der Waals surface area contributed by atoms with Gasteiger partial charge in [-0.25, -0.2) is 0 Å². The van der Waals surface area contributed by atoms with Gasteiger partial charge in [0, 0.05) is 15.6 Å². The van der Waals surface area contributed by atoms with Crippen LogP contribution in [0, 0.1) is 6.92 Å². The summed E-state index contributed by atoms with van der Waals surface area (Å²) in [4.78, 5) is 0. The number of aryl methyl sites for hydroxylation is 1. The van der Waals surface area contributed by atoms with Gasteiger partial charge in [0.2, 0.25) is 0 Å². The Morgan fingerprint density at radius 1 is 1.00 bits per heavy atom. The average Bonchev–Trinajstić information content (AvgIpc) is 2.90. The molecular formula is C17H16O2S. The van der Waals surface area contributed by atoms with Gasteiger partial charge < -0.3 is 9.47 Å². The van der Waals surface area contributed by atoms with Crippen molar-refractivity contribution in [3.8, 4) is 11.5 Å². The fraction of sp³-hybridized carbons (Fsp3) is 0.176. The van der Waals surface area contributed by atoms with Crippen LogP contribution in [0.25, 0.3) is 10.1 Å². The van der Waals surface area contributed by atoms with E-state index in [1.54, 1.807) is 18.4 Å². The molecule has 0 saturated carbocycles. The average molecular weight is 284 g/mol. The molecule has 0 bridgehead atoms. The van der Waals surface area contributed by atoms with Crippen LogP contribution in [-0.4, -0.2) is 7.11 Å². The molecule has 0 aliphatic carbocycles. The second kappa shape index (κ2) is 5.55. The Labute approximate surface area is 122 Å². The van der Waals surface area contributed by atoms with Gasteiger partial charge in [0.05, 0.1) is 7.11 Å². The largest absolute Gasteiger partial charge is 0.493 e. The quantitative estimate of drug-likeness (QED) is 0.685. The van der Waals surface area contributed by atoms with Crippen LogP contribution in [0.4, 0.5) is 0 Å². The number of ether oxygens (including phenoxy) is 2. The summed E-state index contributed by atoms with van der Waals surface area (Å²) in [6.07, 6.45) is 0. The first-order valence-electron chi connectivity index (χ1n) is 6.51. The molecule has 3 heteroatoms. The Morgan fingerprint density at radius 2 is 1.80 bits per heavy atom. The summed E-state index contributed by atoms with van der Waals surface area (Å²) < 4.78 is 12.5. The van der Waals surface area contributed by atoms with E-state index >= 15 is 0 Å². The maximum absolute atomic E-state index is 5.92. The Hall–Kier alpha value is -2.00. The highest BCUT2D eigenvalue weighted by Crippen LogP contribution is 2.31. The number of fused-ring (bicyclic) bond motifs is 1. The predicted octanol–water partition coefficient (Wildman–Crippen LogP) is 4.80. The molecule has 3 aromatic rings. The first-order chi connectivity index (χ1) is 9.79. The maximum atomic E-state index is 5.92. The fourth-order valence-corrected chi connectivity index (χ4v) is 3.37. The number of hydrogen-bond acceptors (Lipinski definition) is 3. The normalized spacial score (nSPS) is 10.7. The number of benzene rings is 2. The first-order valence-corrected chi connectivity index (χ1v) is 7.39. The summed E-state index contributed by atoms with van der Waals surface area (Å²) in [6.45, 7) is 2.70. The van der Waals surface area contributed by atoms with E-state index in [0.717, 1.165) is 11.5 Å². The summed E-state index contributed by atoms with van der Waals surface area (Å²) >= 11 is 1.76. The molecule has 3 rings (SSSR count). The Bertz CT molecular complexity index is 731. The minimum Gasteiger partial charge on any atom is -0.493 e. The third-order valence-electron chi connectivity index (χ3n) is 3.34. The zero-order chi connectivity index (χ0) is 13.9. The monoisotopic (exact) mass is 284 g/mol. The van der Waals surface area contributed by atoms with Gasteiger partial charge in [-0.2, -0.15) is 0 Å². The van der Waals surface area contributed by atoms with E-state index in [-0.39, 0.29) is 0 Å². The predicted molar refractivity (Wildman–Crippen MR) is 83.9 cm³/mol. The third-order valence-corrected chi connectivity index (χ3v) is 4.33. The van der Waals surface area contributed by atoms with Crippen LogP contribution in [0.2, 0.25) is 0 Å². The van der Waals surface area contributed by atoms with Crippen LogP contribution in [0.1, 0.15) is 11.1 Å². The lowest BCUT2D eigenvalue weighted by atomic mass is 10.1. The Kier molecular flexibility index (Phi) is 3.61. The van der Waals surface area contributed by atoms with E-state index in [1.807, 2.05) is 24.3 Å². The minimum absolute atomic E-state index is 0.561. The van der Waals surface area contributed by atoms with E-state index in [1.165, 1.54) is 21.2 Å². The fourth-order valence-electron chi connectivity index (χ4n) is 2.34. The van der Waals surface area contributed by atoms with E-state index in [0.29, 0.717) is 6.61 Å². The topological polar surface area (TPSA) is 18.5 Å². The zero-order valence-electron chi connectivity index (χ0n) is 11.6. The van der Waals surface area contributed by atoms with Crippen LogP contribution >= 0.6 is 11.3 Å². The Balaban J connectivity index is 1.87. The molecule has 1 heterocycles. The molecule has 2 nitrogen and oxygen atoms in total. The van der Waals surface area contributed by atoms with Gasteiger partial charge in [-0.15, -0.1) is 11.3 Å². The molecule has 20 heavy (non-hydrogen) atoms.